The Kier molecular flexibility index (Phi) is 4.50. The summed E-state index contributed by atoms with van der Waals surface area (Å²) < 4.78 is 5.32. The van der Waals surface area contributed by atoms with Crippen LogP contribution in [0.4, 0.5) is 0 Å². The first-order valence-corrected chi connectivity index (χ1v) is 10.2. The first-order valence-electron chi connectivity index (χ1n) is 10.2. The van der Waals surface area contributed by atoms with Crippen molar-refractivity contribution in [3.8, 4) is 0 Å². The van der Waals surface area contributed by atoms with E-state index in [2.05, 4.69) is 0 Å². The first kappa shape index (κ1) is 22.2. The first-order chi connectivity index (χ1) is 13.6. The van der Waals surface area contributed by atoms with Crippen molar-refractivity contribution in [2.75, 3.05) is 6.61 Å². The van der Waals surface area contributed by atoms with E-state index in [1.807, 2.05) is 0 Å². The zero-order chi connectivity index (χ0) is 22.7. The minimum Gasteiger partial charge on any atom is -0.392 e. The fourth-order valence-electron chi connectivity index (χ4n) is 6.84. The number of hydrogen-bond acceptors (Lipinski definition) is 10. The van der Waals surface area contributed by atoms with Crippen molar-refractivity contribution in [2.45, 2.75) is 80.9 Å². The van der Waals surface area contributed by atoms with E-state index in [0.717, 1.165) is 6.92 Å². The summed E-state index contributed by atoms with van der Waals surface area (Å²) in [5, 5.41) is 77.9. The Balaban J connectivity index is 2.02. The predicted molar refractivity (Wildman–Crippen MR) is 97.8 cm³/mol. The zero-order valence-electron chi connectivity index (χ0n) is 17.1. The van der Waals surface area contributed by atoms with Gasteiger partial charge in [-0.15, -0.1) is 0 Å². The van der Waals surface area contributed by atoms with Gasteiger partial charge in [-0.05, 0) is 20.8 Å². The molecular formula is C20H30O10. The van der Waals surface area contributed by atoms with Crippen molar-refractivity contribution in [2.24, 2.45) is 22.7 Å². The average Bonchev–Trinajstić information content (AvgIpc) is 2.66. The van der Waals surface area contributed by atoms with Gasteiger partial charge in [0.25, 0.3) is 0 Å². The smallest absolute Gasteiger partial charge is 0.170 e. The molecule has 1 aliphatic heterocycles. The number of hydrogen-bond donors (Lipinski definition) is 7. The Labute approximate surface area is 173 Å². The highest BCUT2D eigenvalue weighted by Gasteiger charge is 2.78. The van der Waals surface area contributed by atoms with Crippen LogP contribution in [0.5, 0.6) is 0 Å². The van der Waals surface area contributed by atoms with Gasteiger partial charge < -0.3 is 45.3 Å². The number of ether oxygens (including phenoxy) is 1. The summed E-state index contributed by atoms with van der Waals surface area (Å²) in [7, 11) is 0. The summed E-state index contributed by atoms with van der Waals surface area (Å²) in [5.74, 6) is -4.18. The summed E-state index contributed by atoms with van der Waals surface area (Å²) in [5.41, 5.74) is -10.4. The molecule has 3 aliphatic carbocycles. The van der Waals surface area contributed by atoms with E-state index in [0.29, 0.717) is 0 Å². The maximum Gasteiger partial charge on any atom is 0.170 e. The summed E-state index contributed by atoms with van der Waals surface area (Å²) in [6.07, 6.45) is -8.62. The molecule has 0 radical (unpaired) electrons. The number of aldehydes is 1. The maximum absolute atomic E-state index is 13.6. The van der Waals surface area contributed by atoms with Crippen molar-refractivity contribution in [3.63, 3.8) is 0 Å². The quantitative estimate of drug-likeness (QED) is 0.210. The fraction of sp³-hybridized carbons (Fsp3) is 0.900. The van der Waals surface area contributed by atoms with Crippen molar-refractivity contribution in [1.82, 2.24) is 0 Å². The normalized spacial score (nSPS) is 63.0. The van der Waals surface area contributed by atoms with E-state index >= 15 is 0 Å². The number of carbonyl (C=O) groups is 2. The van der Waals surface area contributed by atoms with Crippen LogP contribution in [0.15, 0.2) is 0 Å². The van der Waals surface area contributed by atoms with E-state index in [4.69, 9.17) is 4.74 Å². The average molecular weight is 430 g/mol. The summed E-state index contributed by atoms with van der Waals surface area (Å²) in [6, 6.07) is 0. The molecule has 0 spiro atoms. The molecular weight excluding hydrogens is 400 g/mol. The lowest BCUT2D eigenvalue weighted by molar-refractivity contribution is -0.358. The van der Waals surface area contributed by atoms with Gasteiger partial charge in [-0.3, -0.25) is 4.79 Å². The van der Waals surface area contributed by atoms with Crippen LogP contribution >= 0.6 is 0 Å². The highest BCUT2D eigenvalue weighted by atomic mass is 16.6. The SMILES string of the molecule is C[C@]1(O)[C@H](O)C[C@@]2(O)[C@H](O)[C@@H]3[C@]4(O)CO[C@@H]4C[C@H](O)[C@@]3(C)C(=O)[C@H](O)[C@@H]1[C@]2(C)C=O. The topological polar surface area (TPSA) is 185 Å². The second-order valence-electron chi connectivity index (χ2n) is 10.3. The molecule has 4 aliphatic rings. The van der Waals surface area contributed by atoms with E-state index in [1.54, 1.807) is 0 Å². The number of Topliss-reactive ketones (excluding diaryl/α,β-unsaturated/α-hetero) is 1. The minimum absolute atomic E-state index is 0.137. The van der Waals surface area contributed by atoms with Crippen LogP contribution in [-0.2, 0) is 14.3 Å². The summed E-state index contributed by atoms with van der Waals surface area (Å²) >= 11 is 0. The Morgan fingerprint density at radius 3 is 2.10 bits per heavy atom. The third kappa shape index (κ3) is 2.16. The molecule has 0 aromatic rings. The molecule has 7 N–H and O–H groups in total. The molecule has 3 saturated carbocycles. The molecule has 10 heteroatoms. The third-order valence-corrected chi connectivity index (χ3v) is 8.94. The van der Waals surface area contributed by atoms with Gasteiger partial charge in [0.15, 0.2) is 5.78 Å². The lowest BCUT2D eigenvalue weighted by atomic mass is 9.41. The van der Waals surface area contributed by atoms with Crippen molar-refractivity contribution in [1.29, 1.82) is 0 Å². The van der Waals surface area contributed by atoms with E-state index in [9.17, 15) is 45.3 Å². The highest BCUT2D eigenvalue weighted by Crippen LogP contribution is 2.63. The molecule has 0 aromatic heterocycles. The molecule has 0 aromatic carbocycles. The van der Waals surface area contributed by atoms with Crippen LogP contribution < -0.4 is 0 Å². The van der Waals surface area contributed by atoms with Crippen LogP contribution in [0.25, 0.3) is 0 Å². The second-order valence-corrected chi connectivity index (χ2v) is 10.3. The van der Waals surface area contributed by atoms with Gasteiger partial charge in [0, 0.05) is 24.7 Å². The molecule has 0 unspecified atom stereocenters. The van der Waals surface area contributed by atoms with Gasteiger partial charge >= 0.3 is 0 Å². The molecule has 2 bridgehead atoms. The number of aliphatic hydroxyl groups is 7. The zero-order valence-corrected chi connectivity index (χ0v) is 17.1. The van der Waals surface area contributed by atoms with Crippen LogP contribution in [0, 0.1) is 22.7 Å². The Morgan fingerprint density at radius 1 is 1.00 bits per heavy atom. The molecule has 170 valence electrons. The van der Waals surface area contributed by atoms with E-state index < -0.39 is 82.2 Å². The van der Waals surface area contributed by atoms with Gasteiger partial charge in [0.2, 0.25) is 0 Å². The van der Waals surface area contributed by atoms with Gasteiger partial charge in [-0.2, -0.15) is 0 Å². The van der Waals surface area contributed by atoms with Gasteiger partial charge in [-0.25, -0.2) is 0 Å². The van der Waals surface area contributed by atoms with Gasteiger partial charge in [-0.1, -0.05) is 0 Å². The molecule has 1 heterocycles. The molecule has 4 fully saturated rings. The Morgan fingerprint density at radius 2 is 1.60 bits per heavy atom. The lowest BCUT2D eigenvalue weighted by Gasteiger charge is -2.68. The van der Waals surface area contributed by atoms with E-state index in [-0.39, 0.29) is 19.3 Å². The number of rotatable bonds is 1. The van der Waals surface area contributed by atoms with Crippen LogP contribution in [-0.4, -0.2) is 102 Å². The molecule has 4 rings (SSSR count). The molecule has 10 nitrogen and oxygen atoms in total. The monoisotopic (exact) mass is 430 g/mol. The van der Waals surface area contributed by atoms with Crippen LogP contribution in [0.1, 0.15) is 33.6 Å². The number of ketones is 1. The van der Waals surface area contributed by atoms with E-state index in [1.165, 1.54) is 13.8 Å². The summed E-state index contributed by atoms with van der Waals surface area (Å²) in [4.78, 5) is 25.8. The number of aliphatic hydroxyl groups excluding tert-OH is 4. The van der Waals surface area contributed by atoms with Gasteiger partial charge in [0.05, 0.1) is 47.5 Å². The van der Waals surface area contributed by atoms with Crippen LogP contribution in [0.3, 0.4) is 0 Å². The van der Waals surface area contributed by atoms with Crippen molar-refractivity contribution >= 4 is 12.1 Å². The Bertz CT molecular complexity index is 786. The predicted octanol–water partition coefficient (Wildman–Crippen LogP) is -3.12. The minimum atomic E-state index is -2.43. The maximum atomic E-state index is 13.6. The third-order valence-electron chi connectivity index (χ3n) is 8.94. The molecule has 0 amide bonds. The molecule has 1 saturated heterocycles. The number of fused-ring (bicyclic) bond motifs is 5. The fourth-order valence-corrected chi connectivity index (χ4v) is 6.84. The second kappa shape index (κ2) is 6.08. The van der Waals surface area contributed by atoms with Crippen molar-refractivity contribution < 1.29 is 50.1 Å². The van der Waals surface area contributed by atoms with Crippen LogP contribution in [0.2, 0.25) is 0 Å². The largest absolute Gasteiger partial charge is 0.392 e. The standard InChI is InChI=1S/C20H30O10/c1-16(6-21)12-11(24)14(25)17(2)8(22)4-10-19(28,7-30-10)13(17)15(26)20(16,29)5-9(23)18(12,3)27/h6,8-13,15,22-24,26-29H,4-5,7H2,1-3H3/t8-,9+,10+,11+,12+,13-,15+,16-,17+,18-,19-,20+/m0/s1. The lowest BCUT2D eigenvalue weighted by Crippen LogP contribution is -2.84. The number of carbonyl (C=O) groups excluding carboxylic acids is 2. The van der Waals surface area contributed by atoms with Gasteiger partial charge in [0.1, 0.15) is 23.6 Å². The summed E-state index contributed by atoms with van der Waals surface area (Å²) in [6.45, 7) is 3.36. The molecule has 12 atom stereocenters. The highest BCUT2D eigenvalue weighted by molar-refractivity contribution is 5.91. The van der Waals surface area contributed by atoms with Crippen molar-refractivity contribution in [3.05, 3.63) is 0 Å². The Hall–Kier alpha value is -0.980. The molecule has 30 heavy (non-hydrogen) atoms.